The molecule has 0 aliphatic carbocycles. The molecule has 106 valence electrons. The molecule has 0 amide bonds. The molecule has 4 nitrogen and oxygen atoms in total. The molecule has 1 rings (SSSR count). The summed E-state index contributed by atoms with van der Waals surface area (Å²) in [5, 5.41) is 7.74. The molecular formula is C14H22ClN3O. The number of ether oxygens (including phenoxy) is 1. The van der Waals surface area contributed by atoms with E-state index in [9.17, 15) is 0 Å². The van der Waals surface area contributed by atoms with Gasteiger partial charge in [-0.2, -0.15) is 0 Å². The second-order valence-corrected chi connectivity index (χ2v) is 5.05. The summed E-state index contributed by atoms with van der Waals surface area (Å²) in [6.07, 6.45) is 7.43. The maximum Gasteiger partial charge on any atom is 0.233 e. The summed E-state index contributed by atoms with van der Waals surface area (Å²) in [5.41, 5.74) is 5.91. The van der Waals surface area contributed by atoms with Crippen molar-refractivity contribution in [1.82, 2.24) is 4.98 Å². The Morgan fingerprint density at radius 3 is 2.84 bits per heavy atom. The second-order valence-electron chi connectivity index (χ2n) is 4.67. The average molecular weight is 284 g/mol. The Labute approximate surface area is 119 Å². The first-order chi connectivity index (χ1) is 9.06. The molecule has 0 bridgehead atoms. The molecule has 3 N–H and O–H groups in total. The fourth-order valence-corrected chi connectivity index (χ4v) is 2.08. The van der Waals surface area contributed by atoms with Crippen molar-refractivity contribution in [1.29, 1.82) is 5.41 Å². The zero-order chi connectivity index (χ0) is 14.3. The van der Waals surface area contributed by atoms with Crippen LogP contribution >= 0.6 is 11.6 Å². The van der Waals surface area contributed by atoms with E-state index < -0.39 is 0 Å². The Kier molecular flexibility index (Phi) is 6.64. The molecule has 0 aliphatic rings. The van der Waals surface area contributed by atoms with E-state index in [0.717, 1.165) is 12.8 Å². The summed E-state index contributed by atoms with van der Waals surface area (Å²) in [7, 11) is 0. The maximum absolute atomic E-state index is 7.42. The third-order valence-corrected chi connectivity index (χ3v) is 3.29. The van der Waals surface area contributed by atoms with Crippen LogP contribution in [0.5, 0.6) is 5.88 Å². The fourth-order valence-electron chi connectivity index (χ4n) is 1.82. The van der Waals surface area contributed by atoms with Gasteiger partial charge in [0.25, 0.3) is 0 Å². The number of unbranched alkanes of at least 4 members (excludes halogenated alkanes) is 3. The predicted octanol–water partition coefficient (Wildman–Crippen LogP) is 3.76. The zero-order valence-electron chi connectivity index (χ0n) is 11.6. The molecule has 0 fully saturated rings. The van der Waals surface area contributed by atoms with Gasteiger partial charge in [-0.05, 0) is 25.8 Å². The van der Waals surface area contributed by atoms with Crippen LogP contribution in [0.15, 0.2) is 12.3 Å². The molecule has 1 unspecified atom stereocenters. The van der Waals surface area contributed by atoms with Gasteiger partial charge in [-0.3, -0.25) is 5.41 Å². The fraction of sp³-hybridized carbons (Fsp3) is 0.571. The third kappa shape index (κ3) is 5.07. The number of aromatic nitrogens is 1. The van der Waals surface area contributed by atoms with Crippen molar-refractivity contribution in [2.75, 3.05) is 0 Å². The molecule has 0 aromatic carbocycles. The first-order valence-electron chi connectivity index (χ1n) is 6.71. The van der Waals surface area contributed by atoms with Crippen LogP contribution in [-0.4, -0.2) is 16.9 Å². The highest BCUT2D eigenvalue weighted by Crippen LogP contribution is 2.26. The molecule has 1 aromatic heterocycles. The Morgan fingerprint density at radius 1 is 1.47 bits per heavy atom. The Morgan fingerprint density at radius 2 is 2.21 bits per heavy atom. The Balaban J connectivity index is 2.57. The van der Waals surface area contributed by atoms with Crippen LogP contribution in [0.1, 0.15) is 51.5 Å². The Hall–Kier alpha value is -1.29. The molecule has 0 saturated heterocycles. The van der Waals surface area contributed by atoms with Crippen LogP contribution in [-0.2, 0) is 0 Å². The van der Waals surface area contributed by atoms with Crippen molar-refractivity contribution in [3.05, 3.63) is 22.8 Å². The molecule has 0 aliphatic heterocycles. The molecule has 1 heterocycles. The maximum atomic E-state index is 7.42. The van der Waals surface area contributed by atoms with Gasteiger partial charge < -0.3 is 10.5 Å². The monoisotopic (exact) mass is 283 g/mol. The average Bonchev–Trinajstić information content (AvgIpc) is 2.37. The van der Waals surface area contributed by atoms with Gasteiger partial charge in [0.15, 0.2) is 0 Å². The second kappa shape index (κ2) is 8.00. The number of hydrogen-bond acceptors (Lipinski definition) is 3. The van der Waals surface area contributed by atoms with E-state index in [-0.39, 0.29) is 11.9 Å². The summed E-state index contributed by atoms with van der Waals surface area (Å²) in [4.78, 5) is 4.10. The molecular weight excluding hydrogens is 262 g/mol. The minimum Gasteiger partial charge on any atom is -0.474 e. The number of nitrogens with two attached hydrogens (primary N) is 1. The van der Waals surface area contributed by atoms with Gasteiger partial charge >= 0.3 is 0 Å². The highest BCUT2D eigenvalue weighted by atomic mass is 35.5. The molecule has 0 spiro atoms. The van der Waals surface area contributed by atoms with Gasteiger partial charge in [0.1, 0.15) is 10.9 Å². The SMILES string of the molecule is CCCCCCC(C)Oc1nccc(C(=N)N)c1Cl. The number of rotatable bonds is 8. The largest absolute Gasteiger partial charge is 0.474 e. The highest BCUT2D eigenvalue weighted by molar-refractivity contribution is 6.35. The summed E-state index contributed by atoms with van der Waals surface area (Å²) in [6.45, 7) is 4.20. The van der Waals surface area contributed by atoms with Crippen LogP contribution < -0.4 is 10.5 Å². The van der Waals surface area contributed by atoms with E-state index >= 15 is 0 Å². The van der Waals surface area contributed by atoms with Crippen LogP contribution in [0.25, 0.3) is 0 Å². The lowest BCUT2D eigenvalue weighted by Crippen LogP contribution is -2.16. The molecule has 19 heavy (non-hydrogen) atoms. The van der Waals surface area contributed by atoms with Crippen molar-refractivity contribution >= 4 is 17.4 Å². The normalized spacial score (nSPS) is 12.2. The van der Waals surface area contributed by atoms with E-state index in [1.807, 2.05) is 6.92 Å². The topological polar surface area (TPSA) is 72.0 Å². The summed E-state index contributed by atoms with van der Waals surface area (Å²) in [6, 6.07) is 1.61. The van der Waals surface area contributed by atoms with Crippen molar-refractivity contribution in [2.24, 2.45) is 5.73 Å². The summed E-state index contributed by atoms with van der Waals surface area (Å²) in [5.74, 6) is 0.283. The van der Waals surface area contributed by atoms with Crippen molar-refractivity contribution in [3.8, 4) is 5.88 Å². The van der Waals surface area contributed by atoms with Gasteiger partial charge in [-0.1, -0.05) is 37.8 Å². The van der Waals surface area contributed by atoms with E-state index in [1.54, 1.807) is 12.3 Å². The standard InChI is InChI=1S/C14H22ClN3O/c1-3-4-5-6-7-10(2)19-14-12(15)11(13(16)17)8-9-18-14/h8-10H,3-7H2,1-2H3,(H3,16,17). The molecule has 0 saturated carbocycles. The third-order valence-electron chi connectivity index (χ3n) is 2.92. The lowest BCUT2D eigenvalue weighted by atomic mass is 10.1. The quantitative estimate of drug-likeness (QED) is 0.433. The number of hydrogen-bond donors (Lipinski definition) is 2. The zero-order valence-corrected chi connectivity index (χ0v) is 12.3. The smallest absolute Gasteiger partial charge is 0.233 e. The van der Waals surface area contributed by atoms with E-state index in [2.05, 4.69) is 11.9 Å². The van der Waals surface area contributed by atoms with Crippen molar-refractivity contribution < 1.29 is 4.74 Å². The minimum atomic E-state index is -0.0761. The van der Waals surface area contributed by atoms with Gasteiger partial charge in [0, 0.05) is 11.8 Å². The van der Waals surface area contributed by atoms with Gasteiger partial charge in [-0.15, -0.1) is 0 Å². The van der Waals surface area contributed by atoms with Crippen molar-refractivity contribution in [3.63, 3.8) is 0 Å². The van der Waals surface area contributed by atoms with Gasteiger partial charge in [-0.25, -0.2) is 4.98 Å². The minimum absolute atomic E-state index is 0.0593. The number of nitrogens with one attached hydrogen (secondary N) is 1. The van der Waals surface area contributed by atoms with E-state index in [0.29, 0.717) is 16.5 Å². The van der Waals surface area contributed by atoms with Crippen LogP contribution in [0, 0.1) is 5.41 Å². The van der Waals surface area contributed by atoms with Crippen LogP contribution in [0.2, 0.25) is 5.02 Å². The van der Waals surface area contributed by atoms with E-state index in [4.69, 9.17) is 27.5 Å². The molecule has 5 heteroatoms. The summed E-state index contributed by atoms with van der Waals surface area (Å²) < 4.78 is 5.72. The first kappa shape index (κ1) is 15.8. The van der Waals surface area contributed by atoms with Gasteiger partial charge in [0.2, 0.25) is 5.88 Å². The van der Waals surface area contributed by atoms with Gasteiger partial charge in [0.05, 0.1) is 6.10 Å². The predicted molar refractivity (Wildman–Crippen MR) is 79.1 cm³/mol. The number of halogens is 1. The Bertz CT molecular complexity index is 423. The molecule has 0 radical (unpaired) electrons. The molecule has 1 aromatic rings. The summed E-state index contributed by atoms with van der Waals surface area (Å²) >= 11 is 6.12. The number of nitrogens with zero attached hydrogens (tertiary/aromatic N) is 1. The number of amidine groups is 1. The molecule has 1 atom stereocenters. The van der Waals surface area contributed by atoms with Crippen LogP contribution in [0.4, 0.5) is 0 Å². The van der Waals surface area contributed by atoms with Crippen LogP contribution in [0.3, 0.4) is 0 Å². The lowest BCUT2D eigenvalue weighted by molar-refractivity contribution is 0.198. The first-order valence-corrected chi connectivity index (χ1v) is 7.09. The highest BCUT2D eigenvalue weighted by Gasteiger charge is 2.13. The van der Waals surface area contributed by atoms with Crippen molar-refractivity contribution in [2.45, 2.75) is 52.1 Å². The van der Waals surface area contributed by atoms with E-state index in [1.165, 1.54) is 19.3 Å². The number of pyridine rings is 1. The number of nitrogen functional groups attached to an aromatic ring is 1. The lowest BCUT2D eigenvalue weighted by Gasteiger charge is -2.15.